The van der Waals surface area contributed by atoms with Crippen molar-refractivity contribution in [3.05, 3.63) is 119 Å². The zero-order valence-corrected chi connectivity index (χ0v) is 24.5. The molecule has 6 N–H and O–H groups in total. The van der Waals surface area contributed by atoms with Gasteiger partial charge in [-0.05, 0) is 54.4 Å². The summed E-state index contributed by atoms with van der Waals surface area (Å²) in [5.74, 6) is 1.51. The van der Waals surface area contributed by atoms with Gasteiger partial charge in [-0.25, -0.2) is 0 Å². The van der Waals surface area contributed by atoms with Crippen LogP contribution in [0.15, 0.2) is 102 Å². The van der Waals surface area contributed by atoms with Gasteiger partial charge in [0.2, 0.25) is 0 Å². The third-order valence-corrected chi connectivity index (χ3v) is 8.29. The van der Waals surface area contributed by atoms with Crippen LogP contribution in [-0.2, 0) is 19.6 Å². The second-order valence-electron chi connectivity index (χ2n) is 11.4. The fraction of sp³-hybridized carbons (Fsp3) is 0.429. The number of nitrogens with one attached hydrogen (secondary N) is 4. The van der Waals surface area contributed by atoms with Crippen LogP contribution >= 0.6 is 0 Å². The van der Waals surface area contributed by atoms with Crippen molar-refractivity contribution >= 4 is 0 Å². The fourth-order valence-corrected chi connectivity index (χ4v) is 5.72. The van der Waals surface area contributed by atoms with Gasteiger partial charge in [0, 0.05) is 32.8 Å². The smallest absolute Gasteiger partial charge is 0.127 e. The van der Waals surface area contributed by atoms with Crippen LogP contribution in [0.4, 0.5) is 0 Å². The van der Waals surface area contributed by atoms with Crippen LogP contribution in [0.5, 0.6) is 0 Å². The summed E-state index contributed by atoms with van der Waals surface area (Å²) >= 11 is 0. The van der Waals surface area contributed by atoms with Crippen molar-refractivity contribution in [3.63, 3.8) is 0 Å². The summed E-state index contributed by atoms with van der Waals surface area (Å²) in [6.07, 6.45) is 5.85. The van der Waals surface area contributed by atoms with Crippen molar-refractivity contribution in [1.82, 2.24) is 21.3 Å². The number of aliphatic hydroxyl groups excluding tert-OH is 2. The van der Waals surface area contributed by atoms with Crippen molar-refractivity contribution in [1.29, 1.82) is 0 Å². The number of rotatable bonds is 16. The summed E-state index contributed by atoms with van der Waals surface area (Å²) in [6, 6.07) is 30.7. The highest BCUT2D eigenvalue weighted by Gasteiger charge is 2.38. The van der Waals surface area contributed by atoms with Gasteiger partial charge < -0.3 is 26.2 Å². The summed E-state index contributed by atoms with van der Waals surface area (Å²) in [7, 11) is 0. The monoisotopic (exact) mass is 556 g/mol. The average molecular weight is 557 g/mol. The van der Waals surface area contributed by atoms with Crippen molar-refractivity contribution in [2.45, 2.75) is 76.8 Å². The Hall–Kier alpha value is -3.16. The van der Waals surface area contributed by atoms with Crippen molar-refractivity contribution in [3.8, 4) is 0 Å². The molecule has 1 aliphatic rings. The van der Waals surface area contributed by atoms with Crippen LogP contribution in [0.2, 0.25) is 0 Å². The number of hydrogen-bond donors (Lipinski definition) is 6. The number of hydrogen-bond acceptors (Lipinski definition) is 6. The second kappa shape index (κ2) is 16.3. The Morgan fingerprint density at radius 2 is 1.29 bits per heavy atom. The third-order valence-electron chi connectivity index (χ3n) is 8.29. The molecule has 0 aliphatic heterocycles. The van der Waals surface area contributed by atoms with E-state index in [1.165, 1.54) is 37.7 Å². The lowest BCUT2D eigenvalue weighted by Crippen LogP contribution is -2.60. The molecule has 6 heteroatoms. The van der Waals surface area contributed by atoms with Gasteiger partial charge in [0.1, 0.15) is 12.0 Å². The molecule has 1 aliphatic carbocycles. The zero-order valence-electron chi connectivity index (χ0n) is 24.5. The first kappa shape index (κ1) is 30.8. The topological polar surface area (TPSA) is 88.6 Å². The van der Waals surface area contributed by atoms with E-state index in [2.05, 4.69) is 57.7 Å². The van der Waals surface area contributed by atoms with Gasteiger partial charge in [0.15, 0.2) is 0 Å². The molecule has 2 unspecified atom stereocenters. The molecule has 41 heavy (non-hydrogen) atoms. The first-order valence-corrected chi connectivity index (χ1v) is 15.2. The normalized spacial score (nSPS) is 16.9. The molecular formula is C35H48N4O2. The van der Waals surface area contributed by atoms with E-state index in [0.29, 0.717) is 32.0 Å². The molecule has 3 aromatic carbocycles. The molecule has 220 valence electrons. The van der Waals surface area contributed by atoms with Crippen LogP contribution in [0.3, 0.4) is 0 Å². The van der Waals surface area contributed by atoms with Crippen LogP contribution in [0.25, 0.3) is 0 Å². The van der Waals surface area contributed by atoms with E-state index in [-0.39, 0.29) is 6.61 Å². The summed E-state index contributed by atoms with van der Waals surface area (Å²) in [6.45, 7) is 4.63. The van der Waals surface area contributed by atoms with Crippen molar-refractivity contribution < 1.29 is 10.2 Å². The van der Waals surface area contributed by atoms with Crippen LogP contribution in [-0.4, -0.2) is 35.1 Å². The lowest BCUT2D eigenvalue weighted by atomic mass is 9.85. The largest absolute Gasteiger partial charge is 0.396 e. The third kappa shape index (κ3) is 9.44. The van der Waals surface area contributed by atoms with Gasteiger partial charge in [-0.15, -0.1) is 0 Å². The van der Waals surface area contributed by atoms with E-state index >= 15 is 0 Å². The maximum atomic E-state index is 11.8. The minimum Gasteiger partial charge on any atom is -0.396 e. The minimum absolute atomic E-state index is 0.0228. The molecule has 0 spiro atoms. The van der Waals surface area contributed by atoms with Gasteiger partial charge in [0.25, 0.3) is 0 Å². The van der Waals surface area contributed by atoms with E-state index in [0.717, 1.165) is 29.1 Å². The molecule has 3 aromatic rings. The lowest BCUT2D eigenvalue weighted by Gasteiger charge is -2.40. The molecule has 6 nitrogen and oxygen atoms in total. The molecule has 0 amide bonds. The first-order valence-electron chi connectivity index (χ1n) is 15.2. The zero-order chi connectivity index (χ0) is 28.8. The quantitative estimate of drug-likeness (QED) is 0.136. The minimum atomic E-state index is -0.919. The van der Waals surface area contributed by atoms with Gasteiger partial charge in [-0.3, -0.25) is 5.32 Å². The average Bonchev–Trinajstić information content (AvgIpc) is 3.03. The number of aliphatic hydroxyl groups is 2. The van der Waals surface area contributed by atoms with E-state index in [9.17, 15) is 10.2 Å². The van der Waals surface area contributed by atoms with Gasteiger partial charge in [0.05, 0.1) is 5.54 Å². The summed E-state index contributed by atoms with van der Waals surface area (Å²) in [5.41, 5.74) is 3.45. The molecule has 0 heterocycles. The highest BCUT2D eigenvalue weighted by molar-refractivity contribution is 5.29. The Morgan fingerprint density at radius 3 is 1.85 bits per heavy atom. The van der Waals surface area contributed by atoms with Crippen LogP contribution in [0.1, 0.15) is 62.1 Å². The number of benzene rings is 3. The van der Waals surface area contributed by atoms with Crippen LogP contribution < -0.4 is 21.3 Å². The predicted octanol–water partition coefficient (Wildman–Crippen LogP) is 5.20. The first-order chi connectivity index (χ1) is 20.1. The fourth-order valence-electron chi connectivity index (χ4n) is 5.72. The predicted molar refractivity (Wildman–Crippen MR) is 168 cm³/mol. The molecule has 0 saturated heterocycles. The van der Waals surface area contributed by atoms with Gasteiger partial charge in [-0.2, -0.15) is 0 Å². The van der Waals surface area contributed by atoms with Crippen LogP contribution in [0, 0.1) is 5.92 Å². The molecule has 0 aromatic heterocycles. The second-order valence-corrected chi connectivity index (χ2v) is 11.4. The molecule has 4 rings (SSSR count). The van der Waals surface area contributed by atoms with E-state index in [1.54, 1.807) is 0 Å². The Bertz CT molecular complexity index is 1170. The molecular weight excluding hydrogens is 508 g/mol. The summed E-state index contributed by atoms with van der Waals surface area (Å²) in [5, 5.41) is 36.6. The van der Waals surface area contributed by atoms with E-state index in [1.807, 2.05) is 61.5 Å². The molecule has 1 fully saturated rings. The van der Waals surface area contributed by atoms with E-state index < -0.39 is 11.8 Å². The molecule has 0 bridgehead atoms. The maximum absolute atomic E-state index is 11.8. The standard InChI is InChI=1S/C35H48N4O2/c1-35(39-27-31-20-12-5-13-21-31,34(41)38-26-30-18-10-4-11-19-30)32(22-23-40)33(36-24-28-14-6-2-7-15-28)37-25-29-16-8-3-9-17-29/h2,4-7,10-15,18-21,29,34,36-41H,3,8-9,16-17,22-27H2,1H3. The Morgan fingerprint density at radius 1 is 0.756 bits per heavy atom. The Kier molecular flexibility index (Phi) is 12.3. The van der Waals surface area contributed by atoms with E-state index in [4.69, 9.17) is 0 Å². The van der Waals surface area contributed by atoms with Gasteiger partial charge >= 0.3 is 0 Å². The highest BCUT2D eigenvalue weighted by Crippen LogP contribution is 2.28. The maximum Gasteiger partial charge on any atom is 0.127 e. The Balaban J connectivity index is 1.66. The molecule has 1 saturated carbocycles. The highest BCUT2D eigenvalue weighted by atomic mass is 16.3. The van der Waals surface area contributed by atoms with Crippen molar-refractivity contribution in [2.75, 3.05) is 13.2 Å². The lowest BCUT2D eigenvalue weighted by molar-refractivity contribution is 0.0528. The molecule has 0 radical (unpaired) electrons. The SMILES string of the molecule is CC(NCc1ccccc1)(C(CCO)=C(NCc1ccccc1)NCC1CCCCC1)C(O)NCc1ccccc1. The van der Waals surface area contributed by atoms with Crippen molar-refractivity contribution in [2.24, 2.45) is 5.92 Å². The molecule has 2 atom stereocenters. The summed E-state index contributed by atoms with van der Waals surface area (Å²) < 4.78 is 0. The van der Waals surface area contributed by atoms with Gasteiger partial charge in [-0.1, -0.05) is 110 Å². The summed E-state index contributed by atoms with van der Waals surface area (Å²) in [4.78, 5) is 0. The Labute approximate surface area is 246 Å².